The Bertz CT molecular complexity index is 387. The van der Waals surface area contributed by atoms with Crippen LogP contribution in [0.2, 0.25) is 0 Å². The molecule has 0 radical (unpaired) electrons. The van der Waals surface area contributed by atoms with Gasteiger partial charge in [-0.1, -0.05) is 18.7 Å². The van der Waals surface area contributed by atoms with E-state index in [1.807, 2.05) is 11.5 Å². The molecule has 0 saturated heterocycles. The topological polar surface area (TPSA) is 68.0 Å². The molecule has 0 aliphatic carbocycles. The first kappa shape index (κ1) is 13.0. The molecule has 1 heterocycles. The molecule has 0 bridgehead atoms. The van der Waals surface area contributed by atoms with Gasteiger partial charge in [-0.25, -0.2) is 0 Å². The van der Waals surface area contributed by atoms with E-state index in [4.69, 9.17) is 5.11 Å². The minimum Gasteiger partial charge on any atom is -0.481 e. The summed E-state index contributed by atoms with van der Waals surface area (Å²) in [6.07, 6.45) is 0.937. The second kappa shape index (κ2) is 4.86. The summed E-state index contributed by atoms with van der Waals surface area (Å²) < 4.78 is 2.00. The van der Waals surface area contributed by atoms with Crippen molar-refractivity contribution in [3.63, 3.8) is 0 Å². The zero-order chi connectivity index (χ0) is 12.3. The summed E-state index contributed by atoms with van der Waals surface area (Å²) >= 11 is 1.21. The van der Waals surface area contributed by atoms with E-state index in [-0.39, 0.29) is 11.3 Å². The number of hydrogen-bond donors (Lipinski definition) is 1. The largest absolute Gasteiger partial charge is 0.481 e. The molecule has 0 aliphatic rings. The molecule has 1 N–H and O–H groups in total. The number of aromatic nitrogens is 3. The number of rotatable bonds is 5. The molecule has 0 saturated carbocycles. The molecule has 1 aromatic rings. The third-order valence-corrected chi connectivity index (χ3v) is 3.50. The lowest BCUT2D eigenvalue weighted by Gasteiger charge is -2.27. The molecule has 0 aliphatic heterocycles. The van der Waals surface area contributed by atoms with Gasteiger partial charge in [0.15, 0.2) is 5.16 Å². The summed E-state index contributed by atoms with van der Waals surface area (Å²) in [7, 11) is 0. The van der Waals surface area contributed by atoms with Crippen molar-refractivity contribution in [1.82, 2.24) is 14.8 Å². The lowest BCUT2D eigenvalue weighted by atomic mass is 10.0. The fraction of sp³-hybridized carbons (Fsp3) is 0.700. The molecule has 1 aromatic heterocycles. The van der Waals surface area contributed by atoms with Gasteiger partial charge >= 0.3 is 5.97 Å². The van der Waals surface area contributed by atoms with E-state index in [9.17, 15) is 4.79 Å². The van der Waals surface area contributed by atoms with Crippen molar-refractivity contribution in [3.05, 3.63) is 5.82 Å². The first-order valence-electron chi connectivity index (χ1n) is 5.15. The van der Waals surface area contributed by atoms with Crippen molar-refractivity contribution in [3.8, 4) is 0 Å². The second-order valence-corrected chi connectivity index (χ2v) is 5.16. The van der Waals surface area contributed by atoms with E-state index < -0.39 is 5.97 Å². The van der Waals surface area contributed by atoms with Crippen LogP contribution in [0.5, 0.6) is 0 Å². The van der Waals surface area contributed by atoms with Crippen molar-refractivity contribution in [2.75, 3.05) is 5.75 Å². The van der Waals surface area contributed by atoms with Crippen LogP contribution in [0.4, 0.5) is 0 Å². The third-order valence-electron chi connectivity index (χ3n) is 2.59. The van der Waals surface area contributed by atoms with Gasteiger partial charge in [0.2, 0.25) is 0 Å². The lowest BCUT2D eigenvalue weighted by Crippen LogP contribution is -2.27. The highest BCUT2D eigenvalue weighted by molar-refractivity contribution is 7.99. The zero-order valence-electron chi connectivity index (χ0n) is 10.0. The van der Waals surface area contributed by atoms with E-state index in [2.05, 4.69) is 31.0 Å². The maximum absolute atomic E-state index is 10.5. The van der Waals surface area contributed by atoms with Gasteiger partial charge in [-0.2, -0.15) is 0 Å². The molecule has 0 amide bonds. The Kier molecular flexibility index (Phi) is 3.96. The van der Waals surface area contributed by atoms with Crippen LogP contribution in [0.1, 0.15) is 33.0 Å². The minimum absolute atomic E-state index is 0.0118. The zero-order valence-corrected chi connectivity index (χ0v) is 10.8. The number of carboxylic acids is 1. The number of hydrogen-bond acceptors (Lipinski definition) is 4. The summed E-state index contributed by atoms with van der Waals surface area (Å²) in [6, 6.07) is 0. The molecule has 0 spiro atoms. The second-order valence-electron chi connectivity index (χ2n) is 4.21. The summed E-state index contributed by atoms with van der Waals surface area (Å²) in [4.78, 5) is 10.5. The fourth-order valence-corrected chi connectivity index (χ4v) is 2.28. The number of thioether (sulfide) groups is 1. The van der Waals surface area contributed by atoms with Crippen LogP contribution in [-0.4, -0.2) is 31.6 Å². The van der Waals surface area contributed by atoms with E-state index in [1.54, 1.807) is 0 Å². The average Bonchev–Trinajstić information content (AvgIpc) is 2.57. The van der Waals surface area contributed by atoms with E-state index >= 15 is 0 Å². The SMILES string of the molecule is CCC(C)(C)n1c(C)nnc1SCC(=O)O. The van der Waals surface area contributed by atoms with Gasteiger partial charge in [0.05, 0.1) is 5.75 Å². The molecule has 6 heteroatoms. The Balaban J connectivity index is 2.98. The Hall–Kier alpha value is -1.04. The van der Waals surface area contributed by atoms with Crippen molar-refractivity contribution in [2.24, 2.45) is 0 Å². The third kappa shape index (κ3) is 2.75. The highest BCUT2D eigenvalue weighted by Gasteiger charge is 2.24. The Morgan fingerprint density at radius 2 is 2.12 bits per heavy atom. The van der Waals surface area contributed by atoms with Crippen LogP contribution in [0.15, 0.2) is 5.16 Å². The molecule has 0 fully saturated rings. The first-order valence-corrected chi connectivity index (χ1v) is 6.14. The van der Waals surface area contributed by atoms with Gasteiger partial charge in [0.1, 0.15) is 5.82 Å². The van der Waals surface area contributed by atoms with Crippen LogP contribution in [-0.2, 0) is 10.3 Å². The van der Waals surface area contributed by atoms with Crippen molar-refractivity contribution in [2.45, 2.75) is 44.8 Å². The highest BCUT2D eigenvalue weighted by Crippen LogP contribution is 2.27. The number of aliphatic carboxylic acids is 1. The van der Waals surface area contributed by atoms with Gasteiger partial charge < -0.3 is 9.67 Å². The molecule has 90 valence electrons. The van der Waals surface area contributed by atoms with E-state index in [0.29, 0.717) is 5.16 Å². The molecule has 0 aromatic carbocycles. The molecule has 0 atom stereocenters. The highest BCUT2D eigenvalue weighted by atomic mass is 32.2. The molecule has 1 rings (SSSR count). The monoisotopic (exact) mass is 243 g/mol. The standard InChI is InChI=1S/C10H17N3O2S/c1-5-10(3,4)13-7(2)11-12-9(13)16-6-8(14)15/h5-6H2,1-4H3,(H,14,15). The molecule has 16 heavy (non-hydrogen) atoms. The molecule has 5 nitrogen and oxygen atoms in total. The van der Waals surface area contributed by atoms with Crippen LogP contribution in [0.25, 0.3) is 0 Å². The van der Waals surface area contributed by atoms with Crippen LogP contribution in [0, 0.1) is 6.92 Å². The van der Waals surface area contributed by atoms with Crippen molar-refractivity contribution >= 4 is 17.7 Å². The number of carbonyl (C=O) groups is 1. The number of carboxylic acid groups (broad SMARTS) is 1. The Morgan fingerprint density at radius 1 is 1.50 bits per heavy atom. The number of nitrogens with zero attached hydrogens (tertiary/aromatic N) is 3. The number of aryl methyl sites for hydroxylation is 1. The van der Waals surface area contributed by atoms with E-state index in [1.165, 1.54) is 11.8 Å². The minimum atomic E-state index is -0.841. The van der Waals surface area contributed by atoms with Crippen LogP contribution in [0.3, 0.4) is 0 Å². The predicted molar refractivity (Wildman–Crippen MR) is 62.7 cm³/mol. The van der Waals surface area contributed by atoms with Crippen molar-refractivity contribution in [1.29, 1.82) is 0 Å². The van der Waals surface area contributed by atoms with Gasteiger partial charge in [-0.3, -0.25) is 4.79 Å². The predicted octanol–water partition coefficient (Wildman–Crippen LogP) is 1.91. The quantitative estimate of drug-likeness (QED) is 0.800. The van der Waals surface area contributed by atoms with Gasteiger partial charge in [0.25, 0.3) is 0 Å². The molecular formula is C10H17N3O2S. The first-order chi connectivity index (χ1) is 7.38. The van der Waals surface area contributed by atoms with Crippen molar-refractivity contribution < 1.29 is 9.90 Å². The maximum atomic E-state index is 10.5. The maximum Gasteiger partial charge on any atom is 0.313 e. The average molecular weight is 243 g/mol. The molecule has 0 unspecified atom stereocenters. The smallest absolute Gasteiger partial charge is 0.313 e. The van der Waals surface area contributed by atoms with E-state index in [0.717, 1.165) is 12.2 Å². The normalized spacial score (nSPS) is 11.8. The summed E-state index contributed by atoms with van der Waals surface area (Å²) in [5, 5.41) is 17.3. The summed E-state index contributed by atoms with van der Waals surface area (Å²) in [5.74, 6) is -0.0102. The summed E-state index contributed by atoms with van der Waals surface area (Å²) in [6.45, 7) is 8.16. The lowest BCUT2D eigenvalue weighted by molar-refractivity contribution is -0.133. The fourth-order valence-electron chi connectivity index (χ4n) is 1.42. The Labute approximate surface area is 99.3 Å². The van der Waals surface area contributed by atoms with Gasteiger partial charge in [-0.05, 0) is 27.2 Å². The summed E-state index contributed by atoms with van der Waals surface area (Å²) in [5.41, 5.74) is -0.0889. The van der Waals surface area contributed by atoms with Gasteiger partial charge in [0, 0.05) is 5.54 Å². The van der Waals surface area contributed by atoms with Crippen LogP contribution >= 0.6 is 11.8 Å². The van der Waals surface area contributed by atoms with Crippen LogP contribution < -0.4 is 0 Å². The Morgan fingerprint density at radius 3 is 2.62 bits per heavy atom. The molecular weight excluding hydrogens is 226 g/mol. The van der Waals surface area contributed by atoms with Gasteiger partial charge in [-0.15, -0.1) is 10.2 Å².